The summed E-state index contributed by atoms with van der Waals surface area (Å²) < 4.78 is 16.4. The summed E-state index contributed by atoms with van der Waals surface area (Å²) in [4.78, 5) is 10.9. The number of methoxy groups -OCH3 is 1. The fourth-order valence-electron chi connectivity index (χ4n) is 1.85. The zero-order valence-electron chi connectivity index (χ0n) is 17.1. The van der Waals surface area contributed by atoms with Crippen molar-refractivity contribution in [2.75, 3.05) is 7.11 Å². The molecule has 3 N–H and O–H groups in total. The molecule has 0 aliphatic heterocycles. The van der Waals surface area contributed by atoms with Gasteiger partial charge >= 0.3 is 5.97 Å². The molecule has 163 valence electrons. The molecule has 0 fully saturated rings. The molecule has 0 saturated carbocycles. The number of aliphatic hydroxyl groups excluding tert-OH is 3. The zero-order valence-corrected chi connectivity index (χ0v) is 19.9. The Labute approximate surface area is 203 Å². The summed E-state index contributed by atoms with van der Waals surface area (Å²) in [7, 11) is 1.31. The maximum absolute atomic E-state index is 11.9. The Morgan fingerprint density at radius 1 is 1.10 bits per heavy atom. The van der Waals surface area contributed by atoms with Crippen LogP contribution in [-0.2, 0) is 42.2 Å². The van der Waals surface area contributed by atoms with Crippen LogP contribution in [0.15, 0.2) is 72.9 Å². The van der Waals surface area contributed by atoms with Crippen LogP contribution in [0.25, 0.3) is 0 Å². The van der Waals surface area contributed by atoms with Gasteiger partial charge in [0.15, 0.2) is 0 Å². The van der Waals surface area contributed by atoms with Crippen LogP contribution in [0, 0.1) is 18.8 Å². The number of aliphatic hydroxyl groups is 3. The van der Waals surface area contributed by atoms with Crippen LogP contribution >= 0.6 is 0 Å². The van der Waals surface area contributed by atoms with Crippen molar-refractivity contribution in [3.8, 4) is 0 Å². The van der Waals surface area contributed by atoms with Crippen LogP contribution in [0.1, 0.15) is 19.3 Å². The van der Waals surface area contributed by atoms with Crippen LogP contribution in [0.5, 0.6) is 0 Å². The summed E-state index contributed by atoms with van der Waals surface area (Å²) in [5.41, 5.74) is 0. The second-order valence-electron chi connectivity index (χ2n) is 5.85. The van der Waals surface area contributed by atoms with Crippen molar-refractivity contribution in [3.63, 3.8) is 0 Å². The Kier molecular flexibility index (Phi) is 21.3. The van der Waals surface area contributed by atoms with Gasteiger partial charge in [0.1, 0.15) is 0 Å². The van der Waals surface area contributed by atoms with Gasteiger partial charge in [0, 0.05) is 44.9 Å². The molecular formula is C23H29FO5Y-2. The molecule has 7 heteroatoms. The number of allylic oxidation sites excluding steroid dienone is 6. The molecule has 0 heterocycles. The quantitative estimate of drug-likeness (QED) is 0.265. The number of rotatable bonds is 10. The predicted molar refractivity (Wildman–Crippen MR) is 111 cm³/mol. The van der Waals surface area contributed by atoms with Gasteiger partial charge in [0.05, 0.1) is 19.3 Å². The van der Waals surface area contributed by atoms with Gasteiger partial charge in [-0.25, -0.2) is 4.39 Å². The van der Waals surface area contributed by atoms with Gasteiger partial charge in [-0.1, -0.05) is 54.7 Å². The molecule has 1 aromatic rings. The van der Waals surface area contributed by atoms with Gasteiger partial charge in [-0.05, 0) is 12.8 Å². The van der Waals surface area contributed by atoms with Gasteiger partial charge in [0.25, 0.3) is 0 Å². The Hall–Kier alpha value is -1.44. The van der Waals surface area contributed by atoms with Gasteiger partial charge in [-0.3, -0.25) is 4.79 Å². The van der Waals surface area contributed by atoms with Crippen LogP contribution in [-0.4, -0.2) is 46.7 Å². The maximum Gasteiger partial charge on any atom is 0.305 e. The van der Waals surface area contributed by atoms with E-state index in [9.17, 15) is 19.4 Å². The van der Waals surface area contributed by atoms with Crippen molar-refractivity contribution in [1.29, 1.82) is 0 Å². The third kappa shape index (κ3) is 19.9. The monoisotopic (exact) mass is 493 g/mol. The maximum atomic E-state index is 11.9. The van der Waals surface area contributed by atoms with Gasteiger partial charge in [-0.2, -0.15) is 18.2 Å². The number of carbonyl (C=O) groups excluding carboxylic acids is 1. The van der Waals surface area contributed by atoms with Crippen LogP contribution in [0.4, 0.5) is 4.39 Å². The van der Waals surface area contributed by atoms with Crippen molar-refractivity contribution < 1.29 is 62.0 Å². The molecule has 1 rings (SSSR count). The second kappa shape index (κ2) is 20.8. The summed E-state index contributed by atoms with van der Waals surface area (Å²) in [5, 5.41) is 28.3. The smallest absolute Gasteiger partial charge is 0.305 e. The van der Waals surface area contributed by atoms with E-state index in [1.807, 2.05) is 0 Å². The molecule has 0 bridgehead atoms. The normalized spacial score (nSPS) is 14.3. The molecule has 0 saturated heterocycles. The van der Waals surface area contributed by atoms with E-state index in [2.05, 4.69) is 17.7 Å². The minimum Gasteiger partial charge on any atom is -0.469 e. The molecular weight excluding hydrogens is 464 g/mol. The molecule has 0 aliphatic carbocycles. The molecule has 0 aromatic heterocycles. The molecule has 3 atom stereocenters. The number of halogens is 1. The molecule has 0 spiro atoms. The van der Waals surface area contributed by atoms with Gasteiger partial charge in [-0.15, -0.1) is 12.1 Å². The number of hydrogen-bond acceptors (Lipinski definition) is 5. The average molecular weight is 493 g/mol. The molecule has 1 radical (unpaired) electrons. The molecule has 30 heavy (non-hydrogen) atoms. The van der Waals surface area contributed by atoms with E-state index < -0.39 is 18.3 Å². The first-order valence-electron chi connectivity index (χ1n) is 9.10. The Balaban J connectivity index is 0. The van der Waals surface area contributed by atoms with Crippen LogP contribution in [0.2, 0.25) is 0 Å². The molecule has 5 nitrogen and oxygen atoms in total. The van der Waals surface area contributed by atoms with Crippen molar-refractivity contribution in [3.05, 3.63) is 91.7 Å². The topological polar surface area (TPSA) is 87.0 Å². The summed E-state index contributed by atoms with van der Waals surface area (Å²) in [6.07, 6.45) is 11.6. The van der Waals surface area contributed by atoms with E-state index >= 15 is 0 Å². The van der Waals surface area contributed by atoms with E-state index in [0.29, 0.717) is 12.8 Å². The average Bonchev–Trinajstić information content (AvgIpc) is 2.70. The number of benzene rings is 1. The zero-order chi connectivity index (χ0) is 21.9. The van der Waals surface area contributed by atoms with Crippen molar-refractivity contribution in [2.45, 2.75) is 37.6 Å². The number of carbonyl (C=O) groups is 1. The molecule has 0 unspecified atom stereocenters. The van der Waals surface area contributed by atoms with Gasteiger partial charge < -0.3 is 27.0 Å². The van der Waals surface area contributed by atoms with Crippen molar-refractivity contribution in [1.82, 2.24) is 0 Å². The standard InChI is InChI=1S/C17H25O5.C6H4F.Y/c1-14(18)10-7-5-3-4-6-8-11-15(19)16(20)12-9-13-17(21)22-2;7-6-4-2-1-3-5-6;/h3-8,10-11,14-16,18-20H,1,9,12-13H2,2H3;2-5H;/q2*-1;/b5-3-,6-4+,10-7+,11-8+;;/t14-,15+,16-;;/m0../s1. The molecule has 0 aliphatic rings. The largest absolute Gasteiger partial charge is 0.469 e. The summed E-state index contributed by atoms with van der Waals surface area (Å²) >= 11 is 0. The first kappa shape index (κ1) is 30.8. The minimum atomic E-state index is -0.979. The van der Waals surface area contributed by atoms with Crippen molar-refractivity contribution in [2.24, 2.45) is 0 Å². The number of esters is 1. The van der Waals surface area contributed by atoms with Crippen LogP contribution in [0.3, 0.4) is 0 Å². The third-order valence-corrected chi connectivity index (χ3v) is 3.38. The summed E-state index contributed by atoms with van der Waals surface area (Å²) in [6.45, 7) is 3.39. The summed E-state index contributed by atoms with van der Waals surface area (Å²) in [5.74, 6) is -0.536. The van der Waals surface area contributed by atoms with E-state index in [4.69, 9.17) is 5.11 Å². The Bertz CT molecular complexity index is 657. The molecule has 0 amide bonds. The SMILES string of the molecule is Fc1cc[c-]cc1.[CH2-][C@H](O)/C=C/C=C\C=C\C=C\[C@@H](O)[C@@H](O)CCCC(=O)OC.[Y]. The van der Waals surface area contributed by atoms with E-state index in [1.54, 1.807) is 36.5 Å². The predicted octanol–water partition coefficient (Wildman–Crippen LogP) is 3.09. The first-order valence-corrected chi connectivity index (χ1v) is 9.10. The molecule has 1 aromatic carbocycles. The Morgan fingerprint density at radius 3 is 2.10 bits per heavy atom. The van der Waals surface area contributed by atoms with Crippen molar-refractivity contribution >= 4 is 5.97 Å². The fraction of sp³-hybridized carbons (Fsp3) is 0.304. The van der Waals surface area contributed by atoms with E-state index in [1.165, 1.54) is 43.5 Å². The van der Waals surface area contributed by atoms with Gasteiger partial charge in [0.2, 0.25) is 0 Å². The number of hydrogen-bond donors (Lipinski definition) is 3. The number of ether oxygens (including phenoxy) is 1. The van der Waals surface area contributed by atoms with Crippen LogP contribution < -0.4 is 0 Å². The second-order valence-corrected chi connectivity index (χ2v) is 5.85. The summed E-state index contributed by atoms with van der Waals surface area (Å²) in [6, 6.07) is 8.49. The first-order chi connectivity index (χ1) is 13.9. The van der Waals surface area contributed by atoms with E-state index in [0.717, 1.165) is 0 Å². The van der Waals surface area contributed by atoms with E-state index in [-0.39, 0.29) is 50.9 Å². The Morgan fingerprint density at radius 2 is 1.63 bits per heavy atom. The third-order valence-electron chi connectivity index (χ3n) is 3.38. The minimum absolute atomic E-state index is 0. The fourth-order valence-corrected chi connectivity index (χ4v) is 1.85.